The summed E-state index contributed by atoms with van der Waals surface area (Å²) in [6.07, 6.45) is -0.973. The fourth-order valence-electron chi connectivity index (χ4n) is 1.78. The lowest BCUT2D eigenvalue weighted by molar-refractivity contribution is 0.170. The molecule has 0 saturated heterocycles. The molecule has 2 heterocycles. The van der Waals surface area contributed by atoms with E-state index in [1.54, 1.807) is 24.3 Å². The van der Waals surface area contributed by atoms with E-state index in [1.807, 2.05) is 18.2 Å². The topological polar surface area (TPSA) is 94.2 Å². The normalized spacial score (nSPS) is 12.1. The van der Waals surface area contributed by atoms with Crippen LogP contribution in [-0.2, 0) is 0 Å². The minimum absolute atomic E-state index is 0.105. The largest absolute Gasteiger partial charge is 0.480 e. The lowest BCUT2D eigenvalue weighted by Crippen LogP contribution is -1.99. The molecule has 0 aliphatic rings. The number of methoxy groups -OCH3 is 1. The molecule has 106 valence electrons. The number of ether oxygens (including phenoxy) is 1. The van der Waals surface area contributed by atoms with Gasteiger partial charge < -0.3 is 14.4 Å². The average Bonchev–Trinajstić information content (AvgIpc) is 3.05. The molecule has 1 atom stereocenters. The average molecular weight is 284 g/mol. The van der Waals surface area contributed by atoms with Gasteiger partial charge >= 0.3 is 0 Å². The summed E-state index contributed by atoms with van der Waals surface area (Å²) in [5, 5.41) is 21.7. The lowest BCUT2D eigenvalue weighted by atomic mass is 10.1. The Balaban J connectivity index is 1.85. The first-order valence-corrected chi connectivity index (χ1v) is 6.22. The predicted molar refractivity (Wildman–Crippen MR) is 72.4 cm³/mol. The van der Waals surface area contributed by atoms with Gasteiger partial charge in [-0.3, -0.25) is 0 Å². The zero-order chi connectivity index (χ0) is 14.7. The first kappa shape index (κ1) is 13.2. The maximum Gasteiger partial charge on any atom is 0.260 e. The highest BCUT2D eigenvalue weighted by molar-refractivity contribution is 5.47. The van der Waals surface area contributed by atoms with E-state index in [-0.39, 0.29) is 11.7 Å². The maximum atomic E-state index is 10.2. The summed E-state index contributed by atoms with van der Waals surface area (Å²) in [7, 11) is 1.51. The van der Waals surface area contributed by atoms with Crippen molar-refractivity contribution in [1.29, 1.82) is 0 Å². The fraction of sp³-hybridized carbons (Fsp3) is 0.143. The van der Waals surface area contributed by atoms with E-state index in [1.165, 1.54) is 7.11 Å². The first-order valence-electron chi connectivity index (χ1n) is 6.22. The third-order valence-electron chi connectivity index (χ3n) is 2.87. The molecule has 0 amide bonds. The Morgan fingerprint density at radius 1 is 1.10 bits per heavy atom. The second-order valence-electron chi connectivity index (χ2n) is 4.23. The highest BCUT2D eigenvalue weighted by Gasteiger charge is 2.19. The van der Waals surface area contributed by atoms with Gasteiger partial charge in [0, 0.05) is 6.07 Å². The third-order valence-corrected chi connectivity index (χ3v) is 2.87. The Kier molecular flexibility index (Phi) is 3.57. The summed E-state index contributed by atoms with van der Waals surface area (Å²) in [5.74, 6) is 0.760. The molecule has 1 unspecified atom stereocenters. The van der Waals surface area contributed by atoms with Crippen molar-refractivity contribution in [1.82, 2.24) is 20.3 Å². The summed E-state index contributed by atoms with van der Waals surface area (Å²) < 4.78 is 10.0. The molecule has 0 saturated carbocycles. The number of rotatable bonds is 4. The molecule has 0 bridgehead atoms. The minimum Gasteiger partial charge on any atom is -0.480 e. The van der Waals surface area contributed by atoms with Crippen molar-refractivity contribution < 1.29 is 14.4 Å². The van der Waals surface area contributed by atoms with E-state index in [0.29, 0.717) is 17.1 Å². The SMILES string of the molecule is COc1ccc(-c2noc(C(O)c3ccccc3)n2)nn1. The molecule has 7 heteroatoms. The van der Waals surface area contributed by atoms with Gasteiger partial charge in [-0.15, -0.1) is 10.2 Å². The highest BCUT2D eigenvalue weighted by atomic mass is 16.5. The summed E-state index contributed by atoms with van der Waals surface area (Å²) in [4.78, 5) is 4.14. The van der Waals surface area contributed by atoms with Crippen LogP contribution in [0.3, 0.4) is 0 Å². The number of hydrogen-bond acceptors (Lipinski definition) is 7. The number of nitrogens with zero attached hydrogens (tertiary/aromatic N) is 4. The van der Waals surface area contributed by atoms with Crippen LogP contribution < -0.4 is 4.74 Å². The standard InChI is InChI=1S/C14H12N4O3/c1-20-11-8-7-10(16-17-11)13-15-14(21-18-13)12(19)9-5-3-2-4-6-9/h2-8,12,19H,1H3. The summed E-state index contributed by atoms with van der Waals surface area (Å²) in [6, 6.07) is 12.4. The molecule has 3 aromatic rings. The van der Waals surface area contributed by atoms with Gasteiger partial charge in [0.05, 0.1) is 7.11 Å². The minimum atomic E-state index is -0.973. The Morgan fingerprint density at radius 2 is 1.90 bits per heavy atom. The van der Waals surface area contributed by atoms with Crippen LogP contribution in [0.1, 0.15) is 17.6 Å². The number of benzene rings is 1. The highest BCUT2D eigenvalue weighted by Crippen LogP contribution is 2.22. The molecule has 0 fully saturated rings. The second kappa shape index (κ2) is 5.68. The smallest absolute Gasteiger partial charge is 0.260 e. The van der Waals surface area contributed by atoms with Crippen molar-refractivity contribution in [2.24, 2.45) is 0 Å². The van der Waals surface area contributed by atoms with Crippen molar-refractivity contribution in [3.8, 4) is 17.4 Å². The van der Waals surface area contributed by atoms with Crippen LogP contribution in [-0.4, -0.2) is 32.6 Å². The molecular formula is C14H12N4O3. The summed E-state index contributed by atoms with van der Waals surface area (Å²) >= 11 is 0. The molecule has 1 N–H and O–H groups in total. The van der Waals surface area contributed by atoms with Gasteiger partial charge in [-0.1, -0.05) is 35.5 Å². The van der Waals surface area contributed by atoms with Crippen LogP contribution in [0.5, 0.6) is 5.88 Å². The number of aromatic nitrogens is 4. The van der Waals surface area contributed by atoms with Crippen LogP contribution in [0.2, 0.25) is 0 Å². The van der Waals surface area contributed by atoms with E-state index in [0.717, 1.165) is 0 Å². The van der Waals surface area contributed by atoms with Crippen LogP contribution in [0, 0.1) is 0 Å². The van der Waals surface area contributed by atoms with E-state index in [4.69, 9.17) is 9.26 Å². The molecule has 1 aromatic carbocycles. The molecule has 0 aliphatic carbocycles. The van der Waals surface area contributed by atoms with Crippen molar-refractivity contribution >= 4 is 0 Å². The van der Waals surface area contributed by atoms with Crippen molar-refractivity contribution in [3.63, 3.8) is 0 Å². The lowest BCUT2D eigenvalue weighted by Gasteiger charge is -2.04. The second-order valence-corrected chi connectivity index (χ2v) is 4.23. The van der Waals surface area contributed by atoms with Crippen LogP contribution in [0.15, 0.2) is 47.0 Å². The van der Waals surface area contributed by atoms with Gasteiger partial charge in [0.25, 0.3) is 5.89 Å². The molecule has 2 aromatic heterocycles. The summed E-state index contributed by atoms with van der Waals surface area (Å²) in [5.41, 5.74) is 1.11. The van der Waals surface area contributed by atoms with E-state index >= 15 is 0 Å². The zero-order valence-electron chi connectivity index (χ0n) is 11.2. The summed E-state index contributed by atoms with van der Waals surface area (Å²) in [6.45, 7) is 0. The number of aliphatic hydroxyl groups excluding tert-OH is 1. The number of hydrogen-bond donors (Lipinski definition) is 1. The van der Waals surface area contributed by atoms with Gasteiger partial charge in [-0.25, -0.2) is 0 Å². The van der Waals surface area contributed by atoms with Crippen LogP contribution >= 0.6 is 0 Å². The monoisotopic (exact) mass is 284 g/mol. The molecule has 0 aliphatic heterocycles. The Morgan fingerprint density at radius 3 is 2.57 bits per heavy atom. The van der Waals surface area contributed by atoms with Crippen molar-refractivity contribution in [3.05, 3.63) is 53.9 Å². The van der Waals surface area contributed by atoms with Crippen molar-refractivity contribution in [2.45, 2.75) is 6.10 Å². The predicted octanol–water partition coefficient (Wildman–Crippen LogP) is 1.62. The molecule has 7 nitrogen and oxygen atoms in total. The van der Waals surface area contributed by atoms with E-state index in [2.05, 4.69) is 20.3 Å². The third kappa shape index (κ3) is 2.72. The van der Waals surface area contributed by atoms with Gasteiger partial charge in [0.15, 0.2) is 6.10 Å². The van der Waals surface area contributed by atoms with Gasteiger partial charge in [0.2, 0.25) is 11.7 Å². The Hall–Kier alpha value is -2.80. The zero-order valence-corrected chi connectivity index (χ0v) is 11.2. The molecule has 0 spiro atoms. The van der Waals surface area contributed by atoms with Crippen LogP contribution in [0.25, 0.3) is 11.5 Å². The maximum absolute atomic E-state index is 10.2. The fourth-order valence-corrected chi connectivity index (χ4v) is 1.78. The molecule has 3 rings (SSSR count). The molecule has 0 radical (unpaired) electrons. The van der Waals surface area contributed by atoms with E-state index in [9.17, 15) is 5.11 Å². The van der Waals surface area contributed by atoms with Gasteiger partial charge in [-0.2, -0.15) is 4.98 Å². The molecular weight excluding hydrogens is 272 g/mol. The molecule has 21 heavy (non-hydrogen) atoms. The number of aliphatic hydroxyl groups is 1. The van der Waals surface area contributed by atoms with E-state index < -0.39 is 6.10 Å². The Bertz CT molecular complexity index is 713. The quantitative estimate of drug-likeness (QED) is 0.777. The van der Waals surface area contributed by atoms with Gasteiger partial charge in [0.1, 0.15) is 5.69 Å². The first-order chi connectivity index (χ1) is 10.3. The van der Waals surface area contributed by atoms with Crippen LogP contribution in [0.4, 0.5) is 0 Å². The Labute approximate surface area is 120 Å². The van der Waals surface area contributed by atoms with Crippen molar-refractivity contribution in [2.75, 3.05) is 7.11 Å². The van der Waals surface area contributed by atoms with Gasteiger partial charge in [-0.05, 0) is 11.6 Å².